The minimum atomic E-state index is 0.245. The molecule has 0 unspecified atom stereocenters. The molecule has 1 fully saturated rings. The van der Waals surface area contributed by atoms with Crippen LogP contribution in [0.25, 0.3) is 10.6 Å². The van der Waals surface area contributed by atoms with Gasteiger partial charge in [-0.3, -0.25) is 4.98 Å². The van der Waals surface area contributed by atoms with Crippen LogP contribution in [0.4, 0.5) is 5.69 Å². The highest BCUT2D eigenvalue weighted by Gasteiger charge is 2.23. The third kappa shape index (κ3) is 2.66. The van der Waals surface area contributed by atoms with Crippen LogP contribution in [0.5, 0.6) is 0 Å². The topological polar surface area (TPSA) is 76.7 Å². The minimum absolute atomic E-state index is 0.245. The molecule has 0 aliphatic heterocycles. The Labute approximate surface area is 124 Å². The normalized spacial score (nSPS) is 23.4. The van der Waals surface area contributed by atoms with E-state index in [0.717, 1.165) is 46.9 Å². The van der Waals surface area contributed by atoms with E-state index in [1.54, 1.807) is 23.6 Å². The number of aromatic nitrogens is 3. The summed E-state index contributed by atoms with van der Waals surface area (Å²) in [5.41, 5.74) is 7.73. The summed E-state index contributed by atoms with van der Waals surface area (Å²) in [5, 5.41) is 13.7. The Hall–Kier alpha value is -1.53. The van der Waals surface area contributed by atoms with Gasteiger partial charge in [0, 0.05) is 37.1 Å². The van der Waals surface area contributed by atoms with Gasteiger partial charge in [0.2, 0.25) is 0 Å². The van der Waals surface area contributed by atoms with Gasteiger partial charge in [0.1, 0.15) is 5.01 Å². The standard InChI is InChI=1S/C14H19N5S/c1-16-12-6-7-17-8-11(12)14-19-18-13(20-14)9-2-4-10(15)5-3-9/h6-10H,2-5,15H2,1H3,(H,16,17)/i7D. The van der Waals surface area contributed by atoms with Gasteiger partial charge < -0.3 is 11.1 Å². The molecule has 0 spiro atoms. The van der Waals surface area contributed by atoms with Crippen LogP contribution in [0.3, 0.4) is 0 Å². The van der Waals surface area contributed by atoms with Crippen LogP contribution < -0.4 is 11.1 Å². The summed E-state index contributed by atoms with van der Waals surface area (Å²) >= 11 is 1.62. The molecule has 6 heteroatoms. The van der Waals surface area contributed by atoms with E-state index in [1.165, 1.54) is 0 Å². The number of nitrogens with two attached hydrogens (primary N) is 1. The summed E-state index contributed by atoms with van der Waals surface area (Å²) in [6.45, 7) is 0. The van der Waals surface area contributed by atoms with E-state index in [0.29, 0.717) is 12.0 Å². The minimum Gasteiger partial charge on any atom is -0.387 e. The molecular formula is C14H19N5S. The maximum atomic E-state index is 7.59. The van der Waals surface area contributed by atoms with Gasteiger partial charge in [-0.05, 0) is 31.7 Å². The van der Waals surface area contributed by atoms with Crippen molar-refractivity contribution in [2.45, 2.75) is 37.6 Å². The molecule has 3 rings (SSSR count). The summed E-state index contributed by atoms with van der Waals surface area (Å²) in [5.74, 6) is 0.484. The Kier molecular flexibility index (Phi) is 3.57. The average molecular weight is 290 g/mol. The Balaban J connectivity index is 1.85. The van der Waals surface area contributed by atoms with Crippen molar-refractivity contribution in [1.82, 2.24) is 15.2 Å². The third-order valence-corrected chi connectivity index (χ3v) is 4.95. The first-order chi connectivity index (χ1) is 10.2. The number of hydrogen-bond donors (Lipinski definition) is 2. The van der Waals surface area contributed by atoms with Gasteiger partial charge in [0.15, 0.2) is 5.01 Å². The van der Waals surface area contributed by atoms with Crippen molar-refractivity contribution in [3.05, 3.63) is 23.4 Å². The fourth-order valence-corrected chi connectivity index (χ4v) is 3.64. The van der Waals surface area contributed by atoms with Crippen LogP contribution in [0.2, 0.25) is 0 Å². The van der Waals surface area contributed by atoms with Gasteiger partial charge in [-0.1, -0.05) is 11.3 Å². The average Bonchev–Trinajstić information content (AvgIpc) is 2.97. The molecule has 0 radical (unpaired) electrons. The van der Waals surface area contributed by atoms with Crippen molar-refractivity contribution in [1.29, 1.82) is 0 Å². The van der Waals surface area contributed by atoms with Crippen molar-refractivity contribution >= 4 is 17.0 Å². The van der Waals surface area contributed by atoms with Crippen LogP contribution in [-0.4, -0.2) is 28.3 Å². The Morgan fingerprint density at radius 2 is 2.15 bits per heavy atom. The molecule has 1 saturated carbocycles. The molecule has 0 atom stereocenters. The van der Waals surface area contributed by atoms with Crippen LogP contribution >= 0.6 is 11.3 Å². The molecule has 0 bridgehead atoms. The SMILES string of the molecule is [2H]c1cc(NC)c(-c2nnc(C3CCC(N)CC3)s2)cn1. The maximum absolute atomic E-state index is 7.59. The van der Waals surface area contributed by atoms with Crippen molar-refractivity contribution in [2.75, 3.05) is 12.4 Å². The Morgan fingerprint density at radius 1 is 1.35 bits per heavy atom. The van der Waals surface area contributed by atoms with Crippen molar-refractivity contribution in [2.24, 2.45) is 5.73 Å². The number of rotatable bonds is 3. The van der Waals surface area contributed by atoms with E-state index in [4.69, 9.17) is 7.10 Å². The van der Waals surface area contributed by atoms with E-state index in [9.17, 15) is 0 Å². The first-order valence-electron chi connectivity index (χ1n) is 7.41. The van der Waals surface area contributed by atoms with Crippen LogP contribution in [0.15, 0.2) is 18.4 Å². The Bertz CT molecular complexity index is 622. The van der Waals surface area contributed by atoms with Crippen molar-refractivity contribution in [3.8, 4) is 10.6 Å². The summed E-state index contributed by atoms with van der Waals surface area (Å²) in [7, 11) is 1.84. The zero-order chi connectivity index (χ0) is 14.8. The van der Waals surface area contributed by atoms with E-state index in [-0.39, 0.29) is 6.17 Å². The zero-order valence-electron chi connectivity index (χ0n) is 12.5. The summed E-state index contributed by atoms with van der Waals surface area (Å²) in [6.07, 6.45) is 6.26. The van der Waals surface area contributed by atoms with Gasteiger partial charge in [0.05, 0.1) is 6.93 Å². The highest BCUT2D eigenvalue weighted by molar-refractivity contribution is 7.14. The molecule has 0 aromatic carbocycles. The van der Waals surface area contributed by atoms with Gasteiger partial charge in [-0.25, -0.2) is 0 Å². The lowest BCUT2D eigenvalue weighted by Crippen LogP contribution is -2.25. The second-order valence-electron chi connectivity index (χ2n) is 5.17. The van der Waals surface area contributed by atoms with Crippen LogP contribution in [-0.2, 0) is 0 Å². The highest BCUT2D eigenvalue weighted by Crippen LogP contribution is 2.37. The number of pyridine rings is 1. The van der Waals surface area contributed by atoms with E-state index >= 15 is 0 Å². The fraction of sp³-hybridized carbons (Fsp3) is 0.500. The molecule has 1 aliphatic rings. The predicted molar refractivity (Wildman–Crippen MR) is 81.9 cm³/mol. The maximum Gasteiger partial charge on any atom is 0.151 e. The molecule has 106 valence electrons. The van der Waals surface area contributed by atoms with Crippen molar-refractivity contribution in [3.63, 3.8) is 0 Å². The predicted octanol–water partition coefficient (Wildman–Crippen LogP) is 2.63. The van der Waals surface area contributed by atoms with Crippen LogP contribution in [0, 0.1) is 0 Å². The number of hydrogen-bond acceptors (Lipinski definition) is 6. The van der Waals surface area contributed by atoms with E-state index in [2.05, 4.69) is 20.5 Å². The number of anilines is 1. The highest BCUT2D eigenvalue weighted by atomic mass is 32.1. The van der Waals surface area contributed by atoms with Gasteiger partial charge in [0.25, 0.3) is 0 Å². The molecule has 3 N–H and O–H groups in total. The quantitative estimate of drug-likeness (QED) is 0.908. The number of nitrogens with one attached hydrogen (secondary N) is 1. The van der Waals surface area contributed by atoms with Gasteiger partial charge >= 0.3 is 0 Å². The molecule has 0 amide bonds. The summed E-state index contributed by atoms with van der Waals surface area (Å²) < 4.78 is 7.59. The van der Waals surface area contributed by atoms with Gasteiger partial charge in [-0.2, -0.15) is 0 Å². The third-order valence-electron chi connectivity index (χ3n) is 3.83. The van der Waals surface area contributed by atoms with Gasteiger partial charge in [-0.15, -0.1) is 10.2 Å². The summed E-state index contributed by atoms with van der Waals surface area (Å²) in [6, 6.07) is 2.05. The van der Waals surface area contributed by atoms with E-state index < -0.39 is 0 Å². The molecule has 2 heterocycles. The van der Waals surface area contributed by atoms with E-state index in [1.807, 2.05) is 7.05 Å². The lowest BCUT2D eigenvalue weighted by atomic mass is 9.87. The molecule has 20 heavy (non-hydrogen) atoms. The second kappa shape index (κ2) is 5.85. The largest absolute Gasteiger partial charge is 0.387 e. The van der Waals surface area contributed by atoms with Crippen LogP contribution in [0.1, 0.15) is 38.0 Å². The second-order valence-corrected chi connectivity index (χ2v) is 6.18. The molecule has 0 saturated heterocycles. The summed E-state index contributed by atoms with van der Waals surface area (Å²) in [4.78, 5) is 4.04. The lowest BCUT2D eigenvalue weighted by molar-refractivity contribution is 0.393. The lowest BCUT2D eigenvalue weighted by Gasteiger charge is -2.23. The molecule has 2 aromatic heterocycles. The monoisotopic (exact) mass is 290 g/mol. The zero-order valence-corrected chi connectivity index (χ0v) is 12.3. The molecule has 2 aromatic rings. The molecule has 1 aliphatic carbocycles. The Morgan fingerprint density at radius 3 is 2.90 bits per heavy atom. The van der Waals surface area contributed by atoms with Crippen molar-refractivity contribution < 1.29 is 1.37 Å². The smallest absolute Gasteiger partial charge is 0.151 e. The number of nitrogens with zero attached hydrogens (tertiary/aromatic N) is 3. The molecule has 5 nitrogen and oxygen atoms in total. The molecular weight excluding hydrogens is 270 g/mol. The first kappa shape index (κ1) is 12.2. The fourth-order valence-electron chi connectivity index (χ4n) is 2.60. The first-order valence-corrected chi connectivity index (χ1v) is 7.72.